The number of likely N-dealkylation sites (N-methyl/N-ethyl adjacent to an activating group) is 1. The van der Waals surface area contributed by atoms with Gasteiger partial charge in [-0.2, -0.15) is 0 Å². The van der Waals surface area contributed by atoms with Gasteiger partial charge >= 0.3 is 5.97 Å². The van der Waals surface area contributed by atoms with Crippen LogP contribution in [0.5, 0.6) is 0 Å². The minimum absolute atomic E-state index is 0.118. The largest absolute Gasteiger partial charge is 0.465 e. The molecular weight excluding hydrogens is 465 g/mol. The number of halogens is 1. The third kappa shape index (κ3) is 4.66. The monoisotopic (exact) mass is 491 g/mol. The number of carbonyl (C=O) groups is 2. The summed E-state index contributed by atoms with van der Waals surface area (Å²) in [4.78, 5) is 32.0. The van der Waals surface area contributed by atoms with Gasteiger partial charge in [0, 0.05) is 23.6 Å². The topological polar surface area (TPSA) is 63.9 Å². The lowest BCUT2D eigenvalue weighted by Crippen LogP contribution is -2.28. The first-order valence-electron chi connectivity index (χ1n) is 11.2. The number of esters is 1. The van der Waals surface area contributed by atoms with E-state index in [2.05, 4.69) is 9.56 Å². The van der Waals surface area contributed by atoms with Crippen molar-refractivity contribution in [2.45, 2.75) is 27.7 Å². The van der Waals surface area contributed by atoms with Gasteiger partial charge in [-0.3, -0.25) is 9.69 Å². The zero-order valence-electron chi connectivity index (χ0n) is 20.3. The van der Waals surface area contributed by atoms with Gasteiger partial charge in [0.15, 0.2) is 5.17 Å². The average Bonchev–Trinajstić information content (AvgIpc) is 3.29. The van der Waals surface area contributed by atoms with Crippen LogP contribution >= 0.6 is 11.8 Å². The number of aromatic nitrogens is 1. The Kier molecular flexibility index (Phi) is 6.93. The van der Waals surface area contributed by atoms with Gasteiger partial charge in [0.25, 0.3) is 5.91 Å². The molecule has 2 heterocycles. The summed E-state index contributed by atoms with van der Waals surface area (Å²) in [7, 11) is 1.37. The van der Waals surface area contributed by atoms with Crippen molar-refractivity contribution in [3.8, 4) is 5.69 Å². The quantitative estimate of drug-likeness (QED) is 0.327. The number of benzene rings is 2. The van der Waals surface area contributed by atoms with Crippen LogP contribution in [-0.4, -0.2) is 40.2 Å². The minimum Gasteiger partial charge on any atom is -0.465 e. The summed E-state index contributed by atoms with van der Waals surface area (Å²) in [6, 6.07) is 13.4. The van der Waals surface area contributed by atoms with Crippen molar-refractivity contribution in [1.29, 1.82) is 0 Å². The fourth-order valence-corrected chi connectivity index (χ4v) is 5.19. The lowest BCUT2D eigenvalue weighted by atomic mass is 10.1. The van der Waals surface area contributed by atoms with E-state index in [1.54, 1.807) is 23.1 Å². The van der Waals surface area contributed by atoms with Crippen molar-refractivity contribution < 1.29 is 18.7 Å². The van der Waals surface area contributed by atoms with Crippen LogP contribution in [0.3, 0.4) is 0 Å². The Morgan fingerprint density at radius 3 is 2.51 bits per heavy atom. The molecule has 6 nitrogen and oxygen atoms in total. The Morgan fingerprint density at radius 1 is 1.14 bits per heavy atom. The van der Waals surface area contributed by atoms with Gasteiger partial charge in [-0.25, -0.2) is 14.2 Å². The number of amides is 1. The molecule has 3 aromatic rings. The third-order valence-electron chi connectivity index (χ3n) is 5.96. The molecule has 0 spiro atoms. The SMILES string of the molecule is CCN1C(=O)/C(=C\c2cc(C)n(-c3cccc(C(=O)OC)c3C)c2C)SC1=Nc1ccc(F)cc1. The summed E-state index contributed by atoms with van der Waals surface area (Å²) in [6.07, 6.45) is 1.88. The first-order chi connectivity index (χ1) is 16.7. The molecule has 4 rings (SSSR count). The number of ether oxygens (including phenoxy) is 1. The highest BCUT2D eigenvalue weighted by Crippen LogP contribution is 2.35. The maximum atomic E-state index is 13.3. The van der Waals surface area contributed by atoms with E-state index in [1.807, 2.05) is 52.0 Å². The highest BCUT2D eigenvalue weighted by atomic mass is 32.2. The lowest BCUT2D eigenvalue weighted by molar-refractivity contribution is -0.122. The predicted octanol–water partition coefficient (Wildman–Crippen LogP) is 5.95. The summed E-state index contributed by atoms with van der Waals surface area (Å²) in [5.74, 6) is -0.832. The van der Waals surface area contributed by atoms with Crippen molar-refractivity contribution in [3.05, 3.63) is 87.3 Å². The molecule has 35 heavy (non-hydrogen) atoms. The van der Waals surface area contributed by atoms with E-state index in [4.69, 9.17) is 4.74 Å². The van der Waals surface area contributed by atoms with E-state index in [1.165, 1.54) is 31.0 Å². The molecule has 0 bridgehead atoms. The van der Waals surface area contributed by atoms with Crippen molar-refractivity contribution in [3.63, 3.8) is 0 Å². The maximum absolute atomic E-state index is 13.3. The van der Waals surface area contributed by atoms with Crippen LogP contribution in [0.1, 0.15) is 39.8 Å². The van der Waals surface area contributed by atoms with Gasteiger partial charge in [-0.05, 0) is 99.1 Å². The van der Waals surface area contributed by atoms with Crippen molar-refractivity contribution in [1.82, 2.24) is 9.47 Å². The number of hydrogen-bond donors (Lipinski definition) is 0. The van der Waals surface area contributed by atoms with Gasteiger partial charge in [0.05, 0.1) is 23.3 Å². The van der Waals surface area contributed by atoms with Crippen molar-refractivity contribution in [2.75, 3.05) is 13.7 Å². The number of amidine groups is 1. The number of thioether (sulfide) groups is 1. The summed E-state index contributed by atoms with van der Waals surface area (Å²) in [5.41, 5.74) is 5.62. The molecule has 2 aromatic carbocycles. The summed E-state index contributed by atoms with van der Waals surface area (Å²) >= 11 is 1.30. The fourth-order valence-electron chi connectivity index (χ4n) is 4.14. The number of nitrogens with zero attached hydrogens (tertiary/aromatic N) is 3. The molecule has 0 radical (unpaired) electrons. The zero-order valence-corrected chi connectivity index (χ0v) is 21.1. The second-order valence-electron chi connectivity index (χ2n) is 8.13. The molecule has 1 fully saturated rings. The van der Waals surface area contributed by atoms with E-state index in [9.17, 15) is 14.0 Å². The second kappa shape index (κ2) is 9.92. The number of hydrogen-bond acceptors (Lipinski definition) is 5. The third-order valence-corrected chi connectivity index (χ3v) is 6.97. The van der Waals surface area contributed by atoms with Crippen LogP contribution in [0.25, 0.3) is 11.8 Å². The Bertz CT molecular complexity index is 1370. The number of methoxy groups -OCH3 is 1. The van der Waals surface area contributed by atoms with Gasteiger partial charge in [-0.15, -0.1) is 0 Å². The van der Waals surface area contributed by atoms with E-state index in [0.717, 1.165) is 28.2 Å². The molecule has 1 aliphatic heterocycles. The molecule has 1 aliphatic rings. The van der Waals surface area contributed by atoms with Gasteiger partial charge in [0.1, 0.15) is 5.82 Å². The van der Waals surface area contributed by atoms with E-state index in [-0.39, 0.29) is 17.7 Å². The van der Waals surface area contributed by atoms with Crippen LogP contribution in [0.4, 0.5) is 10.1 Å². The van der Waals surface area contributed by atoms with Crippen molar-refractivity contribution >= 4 is 40.6 Å². The number of aliphatic imine (C=N–C) groups is 1. The molecule has 1 aromatic heterocycles. The van der Waals surface area contributed by atoms with E-state index >= 15 is 0 Å². The lowest BCUT2D eigenvalue weighted by Gasteiger charge is -2.15. The Hall–Kier alpha value is -3.65. The Morgan fingerprint density at radius 2 is 1.86 bits per heavy atom. The number of rotatable bonds is 5. The second-order valence-corrected chi connectivity index (χ2v) is 9.14. The Balaban J connectivity index is 1.72. The molecule has 1 saturated heterocycles. The Labute approximate surface area is 208 Å². The molecule has 0 unspecified atom stereocenters. The molecule has 0 aliphatic carbocycles. The van der Waals surface area contributed by atoms with Gasteiger partial charge in [-0.1, -0.05) is 6.07 Å². The molecule has 0 N–H and O–H groups in total. The van der Waals surface area contributed by atoms with Crippen molar-refractivity contribution in [2.24, 2.45) is 4.99 Å². The highest BCUT2D eigenvalue weighted by Gasteiger charge is 2.32. The molecule has 180 valence electrons. The number of carbonyl (C=O) groups excluding carboxylic acids is 2. The number of aryl methyl sites for hydroxylation is 1. The van der Waals surface area contributed by atoms with Gasteiger partial charge < -0.3 is 9.30 Å². The van der Waals surface area contributed by atoms with Crippen LogP contribution in [0, 0.1) is 26.6 Å². The van der Waals surface area contributed by atoms with Gasteiger partial charge in [0.2, 0.25) is 0 Å². The highest BCUT2D eigenvalue weighted by molar-refractivity contribution is 8.18. The minimum atomic E-state index is -0.380. The molecule has 0 atom stereocenters. The predicted molar refractivity (Wildman–Crippen MR) is 138 cm³/mol. The standard InChI is InChI=1S/C27H26FN3O3S/c1-6-30-25(32)24(35-27(30)29-21-12-10-20(28)11-13-21)15-19-14-16(2)31(18(19)4)23-9-7-8-22(17(23)3)26(33)34-5/h7-15H,6H2,1-5H3/b24-15+,29-27?. The summed E-state index contributed by atoms with van der Waals surface area (Å²) in [6.45, 7) is 8.24. The zero-order chi connectivity index (χ0) is 25.3. The summed E-state index contributed by atoms with van der Waals surface area (Å²) < 4.78 is 20.3. The van der Waals surface area contributed by atoms with Crippen LogP contribution < -0.4 is 0 Å². The van der Waals surface area contributed by atoms with E-state index in [0.29, 0.717) is 27.9 Å². The smallest absolute Gasteiger partial charge is 0.338 e. The molecule has 1 amide bonds. The molecular formula is C27H26FN3O3S. The van der Waals surface area contributed by atoms with Crippen LogP contribution in [-0.2, 0) is 9.53 Å². The van der Waals surface area contributed by atoms with E-state index < -0.39 is 0 Å². The molecule has 0 saturated carbocycles. The van der Waals surface area contributed by atoms with Crippen LogP contribution in [0.2, 0.25) is 0 Å². The molecule has 8 heteroatoms. The van der Waals surface area contributed by atoms with Crippen LogP contribution in [0.15, 0.2) is 58.4 Å². The maximum Gasteiger partial charge on any atom is 0.338 e. The summed E-state index contributed by atoms with van der Waals surface area (Å²) in [5, 5.41) is 0.561. The first-order valence-corrected chi connectivity index (χ1v) is 12.0. The normalized spacial score (nSPS) is 15.9. The fraction of sp³-hybridized carbons (Fsp3) is 0.222. The first kappa shape index (κ1) is 24.5. The average molecular weight is 492 g/mol.